The molecule has 6 nitrogen and oxygen atoms in total. The quantitative estimate of drug-likeness (QED) is 0.842. The van der Waals surface area contributed by atoms with Gasteiger partial charge >= 0.3 is 0 Å². The highest BCUT2D eigenvalue weighted by atomic mass is 32.2. The standard InChI is InChI=1S/C12H19N3O3S/c1-9(16)10-4-6-15(8-10)19(17,18)12-7-14-5-3-11(12)13-2/h3,5,7,9-10,16H,4,6,8H2,1-2H3,(H,13,14). The molecule has 1 aromatic heterocycles. The number of nitrogens with one attached hydrogen (secondary N) is 1. The molecule has 0 aromatic carbocycles. The number of pyridine rings is 1. The van der Waals surface area contributed by atoms with Crippen LogP contribution < -0.4 is 5.32 Å². The van der Waals surface area contributed by atoms with E-state index in [1.807, 2.05) is 0 Å². The van der Waals surface area contributed by atoms with Gasteiger partial charge in [-0.25, -0.2) is 8.42 Å². The Bertz CT molecular complexity index is 545. The Balaban J connectivity index is 2.29. The summed E-state index contributed by atoms with van der Waals surface area (Å²) in [6.45, 7) is 2.50. The predicted octanol–water partition coefficient (Wildman–Crippen LogP) is 0.515. The first kappa shape index (κ1) is 14.2. The van der Waals surface area contributed by atoms with Gasteiger partial charge in [0, 0.05) is 32.5 Å². The molecular formula is C12H19N3O3S. The number of sulfonamides is 1. The molecule has 1 saturated heterocycles. The molecule has 2 atom stereocenters. The van der Waals surface area contributed by atoms with Crippen LogP contribution in [-0.2, 0) is 10.0 Å². The van der Waals surface area contributed by atoms with E-state index in [-0.39, 0.29) is 10.8 Å². The van der Waals surface area contributed by atoms with Gasteiger partial charge in [0.2, 0.25) is 10.0 Å². The van der Waals surface area contributed by atoms with Crippen LogP contribution in [0.15, 0.2) is 23.4 Å². The number of aliphatic hydroxyl groups excluding tert-OH is 1. The summed E-state index contributed by atoms with van der Waals surface area (Å²) in [5.74, 6) is 0.00415. The highest BCUT2D eigenvalue weighted by molar-refractivity contribution is 7.89. The van der Waals surface area contributed by atoms with Crippen molar-refractivity contribution in [3.8, 4) is 0 Å². The third-order valence-electron chi connectivity index (χ3n) is 3.54. The number of hydrogen-bond acceptors (Lipinski definition) is 5. The number of anilines is 1. The Morgan fingerprint density at radius 1 is 1.58 bits per heavy atom. The topological polar surface area (TPSA) is 82.5 Å². The normalized spacial score (nSPS) is 22.4. The van der Waals surface area contributed by atoms with Gasteiger partial charge in [-0.3, -0.25) is 4.98 Å². The second-order valence-electron chi connectivity index (χ2n) is 4.77. The fourth-order valence-electron chi connectivity index (χ4n) is 2.30. The van der Waals surface area contributed by atoms with Crippen LogP contribution in [0.4, 0.5) is 5.69 Å². The number of hydrogen-bond donors (Lipinski definition) is 2. The van der Waals surface area contributed by atoms with Crippen molar-refractivity contribution < 1.29 is 13.5 Å². The summed E-state index contributed by atoms with van der Waals surface area (Å²) in [6.07, 6.45) is 3.11. The SMILES string of the molecule is CNc1ccncc1S(=O)(=O)N1CCC(C(C)O)C1. The summed E-state index contributed by atoms with van der Waals surface area (Å²) in [6, 6.07) is 1.63. The second-order valence-corrected chi connectivity index (χ2v) is 6.68. The maximum Gasteiger partial charge on any atom is 0.246 e. The lowest BCUT2D eigenvalue weighted by Gasteiger charge is -2.19. The number of nitrogens with zero attached hydrogens (tertiary/aromatic N) is 2. The second kappa shape index (κ2) is 5.44. The lowest BCUT2D eigenvalue weighted by atomic mass is 10.0. The molecule has 0 saturated carbocycles. The van der Waals surface area contributed by atoms with E-state index in [4.69, 9.17) is 0 Å². The Kier molecular flexibility index (Phi) is 4.07. The van der Waals surface area contributed by atoms with Crippen LogP contribution in [0.25, 0.3) is 0 Å². The van der Waals surface area contributed by atoms with Gasteiger partial charge in [-0.15, -0.1) is 0 Å². The van der Waals surface area contributed by atoms with Crippen LogP contribution >= 0.6 is 0 Å². The van der Waals surface area contributed by atoms with Gasteiger partial charge in [0.25, 0.3) is 0 Å². The Hall–Kier alpha value is -1.18. The zero-order valence-corrected chi connectivity index (χ0v) is 11.9. The molecule has 1 aromatic rings. The van der Waals surface area contributed by atoms with Crippen molar-refractivity contribution in [1.82, 2.24) is 9.29 Å². The Morgan fingerprint density at radius 3 is 2.89 bits per heavy atom. The summed E-state index contributed by atoms with van der Waals surface area (Å²) in [5.41, 5.74) is 0.537. The van der Waals surface area contributed by atoms with Gasteiger partial charge in [0.1, 0.15) is 4.90 Å². The molecule has 0 amide bonds. The van der Waals surface area contributed by atoms with E-state index in [0.29, 0.717) is 25.2 Å². The maximum atomic E-state index is 12.5. The lowest BCUT2D eigenvalue weighted by molar-refractivity contribution is 0.133. The van der Waals surface area contributed by atoms with Crippen LogP contribution in [0, 0.1) is 5.92 Å². The molecule has 0 bridgehead atoms. The van der Waals surface area contributed by atoms with Gasteiger partial charge in [0.15, 0.2) is 0 Å². The summed E-state index contributed by atoms with van der Waals surface area (Å²) in [4.78, 5) is 4.07. The van der Waals surface area contributed by atoms with Crippen molar-refractivity contribution in [3.05, 3.63) is 18.5 Å². The average Bonchev–Trinajstić information content (AvgIpc) is 2.89. The van der Waals surface area contributed by atoms with Gasteiger partial charge in [-0.1, -0.05) is 0 Å². The van der Waals surface area contributed by atoms with E-state index in [9.17, 15) is 13.5 Å². The number of rotatable bonds is 4. The molecule has 1 aliphatic heterocycles. The van der Waals surface area contributed by atoms with E-state index in [1.54, 1.807) is 26.2 Å². The number of aliphatic hydroxyl groups is 1. The first-order valence-electron chi connectivity index (χ1n) is 6.26. The molecule has 0 spiro atoms. The van der Waals surface area contributed by atoms with Crippen molar-refractivity contribution in [2.75, 3.05) is 25.5 Å². The van der Waals surface area contributed by atoms with Gasteiger partial charge < -0.3 is 10.4 Å². The van der Waals surface area contributed by atoms with E-state index < -0.39 is 16.1 Å². The molecule has 2 rings (SSSR count). The molecule has 2 heterocycles. The largest absolute Gasteiger partial charge is 0.393 e. The van der Waals surface area contributed by atoms with Crippen LogP contribution in [0.1, 0.15) is 13.3 Å². The van der Waals surface area contributed by atoms with Crippen LogP contribution in [0.2, 0.25) is 0 Å². The molecule has 7 heteroatoms. The van der Waals surface area contributed by atoms with Crippen molar-refractivity contribution in [2.45, 2.75) is 24.3 Å². The fourth-order valence-corrected chi connectivity index (χ4v) is 3.95. The number of aromatic nitrogens is 1. The molecule has 2 unspecified atom stereocenters. The minimum absolute atomic E-state index is 0.00415. The first-order chi connectivity index (χ1) is 8.96. The molecule has 0 radical (unpaired) electrons. The third kappa shape index (κ3) is 2.72. The van der Waals surface area contributed by atoms with E-state index in [1.165, 1.54) is 10.5 Å². The molecular weight excluding hydrogens is 266 g/mol. The minimum atomic E-state index is -3.55. The predicted molar refractivity (Wildman–Crippen MR) is 72.3 cm³/mol. The zero-order valence-electron chi connectivity index (χ0n) is 11.1. The van der Waals surface area contributed by atoms with Crippen LogP contribution in [0.3, 0.4) is 0 Å². The van der Waals surface area contributed by atoms with Crippen molar-refractivity contribution >= 4 is 15.7 Å². The van der Waals surface area contributed by atoms with Gasteiger partial charge in [0.05, 0.1) is 11.8 Å². The van der Waals surface area contributed by atoms with Crippen LogP contribution in [0.5, 0.6) is 0 Å². The Labute approximate surface area is 113 Å². The molecule has 1 fully saturated rings. The summed E-state index contributed by atoms with van der Waals surface area (Å²) in [5, 5.41) is 12.4. The minimum Gasteiger partial charge on any atom is -0.393 e. The smallest absolute Gasteiger partial charge is 0.246 e. The average molecular weight is 285 g/mol. The molecule has 106 valence electrons. The third-order valence-corrected chi connectivity index (χ3v) is 5.43. The van der Waals surface area contributed by atoms with Gasteiger partial charge in [-0.2, -0.15) is 4.31 Å². The van der Waals surface area contributed by atoms with E-state index >= 15 is 0 Å². The summed E-state index contributed by atoms with van der Waals surface area (Å²) in [7, 11) is -1.87. The highest BCUT2D eigenvalue weighted by Gasteiger charge is 2.35. The first-order valence-corrected chi connectivity index (χ1v) is 7.71. The molecule has 2 N–H and O–H groups in total. The summed E-state index contributed by atoms with van der Waals surface area (Å²) >= 11 is 0. The van der Waals surface area contributed by atoms with Gasteiger partial charge in [-0.05, 0) is 25.3 Å². The molecule has 19 heavy (non-hydrogen) atoms. The Morgan fingerprint density at radius 2 is 2.32 bits per heavy atom. The maximum absolute atomic E-state index is 12.5. The van der Waals surface area contributed by atoms with Crippen molar-refractivity contribution in [2.24, 2.45) is 5.92 Å². The van der Waals surface area contributed by atoms with Crippen molar-refractivity contribution in [3.63, 3.8) is 0 Å². The zero-order chi connectivity index (χ0) is 14.0. The molecule has 1 aliphatic rings. The van der Waals surface area contributed by atoms with Crippen molar-refractivity contribution in [1.29, 1.82) is 0 Å². The van der Waals surface area contributed by atoms with E-state index in [0.717, 1.165) is 0 Å². The highest BCUT2D eigenvalue weighted by Crippen LogP contribution is 2.29. The monoisotopic (exact) mass is 285 g/mol. The summed E-state index contributed by atoms with van der Waals surface area (Å²) < 4.78 is 26.5. The van der Waals surface area contributed by atoms with E-state index in [2.05, 4.69) is 10.3 Å². The van der Waals surface area contributed by atoms with Crippen LogP contribution in [-0.4, -0.2) is 49.1 Å². The lowest BCUT2D eigenvalue weighted by Crippen LogP contribution is -2.31. The fraction of sp³-hybridized carbons (Fsp3) is 0.583. The molecule has 0 aliphatic carbocycles.